The summed E-state index contributed by atoms with van der Waals surface area (Å²) in [6.45, 7) is 3.80. The lowest BCUT2D eigenvalue weighted by atomic mass is 10.0. The van der Waals surface area contributed by atoms with Gasteiger partial charge in [-0.2, -0.15) is 0 Å². The summed E-state index contributed by atoms with van der Waals surface area (Å²) in [4.78, 5) is 10.5. The van der Waals surface area contributed by atoms with Crippen molar-refractivity contribution in [1.82, 2.24) is 5.32 Å². The molecule has 112 valence electrons. The van der Waals surface area contributed by atoms with Crippen LogP contribution in [0.2, 0.25) is 0 Å². The van der Waals surface area contributed by atoms with Crippen LogP contribution in [-0.4, -0.2) is 25.2 Å². The number of benzene rings is 1. The zero-order chi connectivity index (χ0) is 14.8. The summed E-state index contributed by atoms with van der Waals surface area (Å²) in [5.74, 6) is 0. The van der Waals surface area contributed by atoms with Gasteiger partial charge in [-0.3, -0.25) is 10.1 Å². The number of nitro benzene ring substituents is 1. The molecule has 1 N–H and O–H groups in total. The summed E-state index contributed by atoms with van der Waals surface area (Å²) in [6.07, 6.45) is 4.09. The van der Waals surface area contributed by atoms with Crippen LogP contribution in [0.4, 0.5) is 5.69 Å². The minimum absolute atomic E-state index is 0.157. The Morgan fingerprint density at radius 3 is 2.85 bits per heavy atom. The number of non-ortho nitro benzene ring substituents is 1. The molecule has 0 aromatic heterocycles. The van der Waals surface area contributed by atoms with E-state index in [2.05, 4.69) is 12.2 Å². The fourth-order valence-electron chi connectivity index (χ4n) is 2.18. The van der Waals surface area contributed by atoms with E-state index in [1.165, 1.54) is 6.07 Å². The van der Waals surface area contributed by atoms with Crippen LogP contribution in [0.15, 0.2) is 24.3 Å². The Balaban J connectivity index is 2.60. The second-order valence-electron chi connectivity index (χ2n) is 4.85. The second-order valence-corrected chi connectivity index (χ2v) is 4.85. The molecule has 0 amide bonds. The first-order valence-electron chi connectivity index (χ1n) is 7.15. The summed E-state index contributed by atoms with van der Waals surface area (Å²) in [7, 11) is 1.70. The number of nitrogens with one attached hydrogen (secondary N) is 1. The number of unbranched alkanes of at least 4 members (excludes halogenated alkanes) is 1. The molecule has 0 saturated carbocycles. The maximum Gasteiger partial charge on any atom is 0.269 e. The molecule has 0 spiro atoms. The molecular formula is C15H24N2O3. The van der Waals surface area contributed by atoms with Crippen molar-refractivity contribution in [2.24, 2.45) is 0 Å². The van der Waals surface area contributed by atoms with Crippen molar-refractivity contribution in [2.45, 2.75) is 38.6 Å². The van der Waals surface area contributed by atoms with E-state index in [0.717, 1.165) is 44.4 Å². The minimum atomic E-state index is -0.342. The van der Waals surface area contributed by atoms with Gasteiger partial charge in [0, 0.05) is 31.9 Å². The molecule has 1 rings (SSSR count). The Bertz CT molecular complexity index is 410. The summed E-state index contributed by atoms with van der Waals surface area (Å²) in [5, 5.41) is 14.3. The normalized spacial score (nSPS) is 12.3. The zero-order valence-corrected chi connectivity index (χ0v) is 12.3. The van der Waals surface area contributed by atoms with Crippen molar-refractivity contribution in [3.05, 3.63) is 39.9 Å². The molecule has 1 aromatic rings. The molecule has 5 nitrogen and oxygen atoms in total. The van der Waals surface area contributed by atoms with Gasteiger partial charge in [0.25, 0.3) is 5.69 Å². The number of nitrogens with zero attached hydrogens (tertiary/aromatic N) is 1. The molecule has 0 aliphatic rings. The highest BCUT2D eigenvalue weighted by Crippen LogP contribution is 2.22. The van der Waals surface area contributed by atoms with Crippen molar-refractivity contribution >= 4 is 5.69 Å². The summed E-state index contributed by atoms with van der Waals surface area (Å²) in [5.41, 5.74) is 1.15. The molecule has 0 fully saturated rings. The number of hydrogen-bond acceptors (Lipinski definition) is 4. The molecule has 1 unspecified atom stereocenters. The van der Waals surface area contributed by atoms with Gasteiger partial charge in [0.2, 0.25) is 0 Å². The van der Waals surface area contributed by atoms with Crippen LogP contribution in [0, 0.1) is 10.1 Å². The molecule has 0 heterocycles. The van der Waals surface area contributed by atoms with Gasteiger partial charge in [0.05, 0.1) is 4.92 Å². The smallest absolute Gasteiger partial charge is 0.269 e. The first-order chi connectivity index (χ1) is 9.69. The number of rotatable bonds is 10. The molecule has 0 saturated heterocycles. The predicted octanol–water partition coefficient (Wildman–Crippen LogP) is 3.45. The Morgan fingerprint density at radius 2 is 2.20 bits per heavy atom. The van der Waals surface area contributed by atoms with E-state index in [4.69, 9.17) is 4.74 Å². The minimum Gasteiger partial charge on any atom is -0.385 e. The third-order valence-electron chi connectivity index (χ3n) is 3.23. The van der Waals surface area contributed by atoms with E-state index in [1.807, 2.05) is 6.07 Å². The van der Waals surface area contributed by atoms with Crippen LogP contribution in [0.25, 0.3) is 0 Å². The fourth-order valence-corrected chi connectivity index (χ4v) is 2.18. The molecule has 1 atom stereocenters. The highest BCUT2D eigenvalue weighted by atomic mass is 16.6. The van der Waals surface area contributed by atoms with Crippen LogP contribution < -0.4 is 5.32 Å². The monoisotopic (exact) mass is 280 g/mol. The molecule has 0 bridgehead atoms. The van der Waals surface area contributed by atoms with Crippen LogP contribution >= 0.6 is 0 Å². The predicted molar refractivity (Wildman–Crippen MR) is 79.9 cm³/mol. The van der Waals surface area contributed by atoms with Crippen LogP contribution in [-0.2, 0) is 4.74 Å². The number of methoxy groups -OCH3 is 1. The molecule has 0 radical (unpaired) electrons. The molecule has 5 heteroatoms. The number of hydrogen-bond donors (Lipinski definition) is 1. The van der Waals surface area contributed by atoms with Gasteiger partial charge < -0.3 is 10.1 Å². The van der Waals surface area contributed by atoms with E-state index in [9.17, 15) is 10.1 Å². The van der Waals surface area contributed by atoms with Crippen molar-refractivity contribution in [3.63, 3.8) is 0 Å². The van der Waals surface area contributed by atoms with Gasteiger partial charge in [0.15, 0.2) is 0 Å². The molecule has 1 aromatic carbocycles. The first-order valence-corrected chi connectivity index (χ1v) is 7.15. The summed E-state index contributed by atoms with van der Waals surface area (Å²) in [6, 6.07) is 7.09. The largest absolute Gasteiger partial charge is 0.385 e. The average Bonchev–Trinajstić information content (AvgIpc) is 2.46. The van der Waals surface area contributed by atoms with Crippen LogP contribution in [0.5, 0.6) is 0 Å². The topological polar surface area (TPSA) is 64.4 Å². The quantitative estimate of drug-likeness (QED) is 0.405. The third-order valence-corrected chi connectivity index (χ3v) is 3.23. The second kappa shape index (κ2) is 9.44. The van der Waals surface area contributed by atoms with Crippen LogP contribution in [0.3, 0.4) is 0 Å². The van der Waals surface area contributed by atoms with Crippen molar-refractivity contribution in [2.75, 3.05) is 20.3 Å². The third kappa shape index (κ3) is 5.67. The van der Waals surface area contributed by atoms with Crippen LogP contribution in [0.1, 0.15) is 44.2 Å². The van der Waals surface area contributed by atoms with Gasteiger partial charge in [-0.1, -0.05) is 25.5 Å². The number of nitro groups is 1. The van der Waals surface area contributed by atoms with Gasteiger partial charge in [-0.25, -0.2) is 0 Å². The van der Waals surface area contributed by atoms with Crippen molar-refractivity contribution in [1.29, 1.82) is 0 Å². The lowest BCUT2D eigenvalue weighted by Gasteiger charge is -2.18. The van der Waals surface area contributed by atoms with Gasteiger partial charge in [-0.15, -0.1) is 0 Å². The lowest BCUT2D eigenvalue weighted by Crippen LogP contribution is -2.22. The summed E-state index contributed by atoms with van der Waals surface area (Å²) < 4.78 is 5.02. The van der Waals surface area contributed by atoms with E-state index < -0.39 is 0 Å². The maximum absolute atomic E-state index is 10.8. The molecule has 0 aliphatic heterocycles. The van der Waals surface area contributed by atoms with Crippen molar-refractivity contribution < 1.29 is 9.66 Å². The number of ether oxygens (including phenoxy) is 1. The Hall–Kier alpha value is -1.46. The Morgan fingerprint density at radius 1 is 1.40 bits per heavy atom. The van der Waals surface area contributed by atoms with Gasteiger partial charge in [-0.05, 0) is 31.4 Å². The fraction of sp³-hybridized carbons (Fsp3) is 0.600. The molecular weight excluding hydrogens is 256 g/mol. The van der Waals surface area contributed by atoms with Gasteiger partial charge in [0.1, 0.15) is 0 Å². The zero-order valence-electron chi connectivity index (χ0n) is 12.3. The van der Waals surface area contributed by atoms with Gasteiger partial charge >= 0.3 is 0 Å². The van der Waals surface area contributed by atoms with E-state index >= 15 is 0 Å². The highest BCUT2D eigenvalue weighted by Gasteiger charge is 2.13. The first kappa shape index (κ1) is 16.6. The highest BCUT2D eigenvalue weighted by molar-refractivity contribution is 5.35. The van der Waals surface area contributed by atoms with E-state index in [1.54, 1.807) is 19.2 Å². The molecule has 20 heavy (non-hydrogen) atoms. The summed E-state index contributed by atoms with van der Waals surface area (Å²) >= 11 is 0. The Kier molecular flexibility index (Phi) is 7.84. The van der Waals surface area contributed by atoms with E-state index in [0.29, 0.717) is 0 Å². The average molecular weight is 280 g/mol. The maximum atomic E-state index is 10.8. The van der Waals surface area contributed by atoms with Crippen molar-refractivity contribution in [3.8, 4) is 0 Å². The lowest BCUT2D eigenvalue weighted by molar-refractivity contribution is -0.384. The van der Waals surface area contributed by atoms with E-state index in [-0.39, 0.29) is 16.7 Å². The SMILES string of the molecule is CCCC(NCCCCOC)c1cccc([N+](=O)[O-])c1. The Labute approximate surface area is 120 Å². The molecule has 0 aliphatic carbocycles. The standard InChI is InChI=1S/C15H24N2O3/c1-3-7-15(16-10-4-5-11-20-2)13-8-6-9-14(12-13)17(18)19/h6,8-9,12,15-16H,3-5,7,10-11H2,1-2H3.